The number of hydrogen-bond acceptors (Lipinski definition) is 8. The molecule has 2 N–H and O–H groups in total. The van der Waals surface area contributed by atoms with Crippen LogP contribution in [0.5, 0.6) is 0 Å². The Morgan fingerprint density at radius 2 is 1.73 bits per heavy atom. The van der Waals surface area contributed by atoms with E-state index >= 15 is 0 Å². The van der Waals surface area contributed by atoms with Crippen LogP contribution in [0.4, 0.5) is 4.79 Å². The molecule has 252 valence electrons. The van der Waals surface area contributed by atoms with Gasteiger partial charge < -0.3 is 15.2 Å². The first-order chi connectivity index (χ1) is 22.8. The molecule has 0 unspecified atom stereocenters. The Morgan fingerprint density at radius 1 is 1.02 bits per heavy atom. The van der Waals surface area contributed by atoms with Crippen molar-refractivity contribution in [2.45, 2.75) is 64.4 Å². The minimum atomic E-state index is -1.05. The van der Waals surface area contributed by atoms with Gasteiger partial charge in [-0.2, -0.15) is 10.2 Å². The summed E-state index contributed by atoms with van der Waals surface area (Å²) in [6, 6.07) is 15.7. The first-order valence-corrected chi connectivity index (χ1v) is 16.4. The van der Waals surface area contributed by atoms with Crippen molar-refractivity contribution in [2.24, 2.45) is 14.1 Å². The summed E-state index contributed by atoms with van der Waals surface area (Å²) < 4.78 is 10.2. The number of rotatable bonds is 8. The maximum atomic E-state index is 13.6. The summed E-state index contributed by atoms with van der Waals surface area (Å²) in [5.74, 6) is 0. The van der Waals surface area contributed by atoms with Gasteiger partial charge in [-0.15, -0.1) is 0 Å². The number of piperidine rings is 1. The molecular weight excluding hydrogens is 632 g/mol. The van der Waals surface area contributed by atoms with E-state index in [0.717, 1.165) is 27.9 Å². The predicted octanol–water partition coefficient (Wildman–Crippen LogP) is 4.90. The highest BCUT2D eigenvalue weighted by atomic mass is 35.5. The SMILES string of the molecule is Cn1nccc1-c1ccc(CN2CCC(O)(Cn3cnc4c(-c5ccc(CNC(=O)OC(C)(C)C)cc5)n(C)nc4c3=O)CC2)c(Cl)c1. The minimum Gasteiger partial charge on any atom is -0.444 e. The van der Waals surface area contributed by atoms with E-state index in [1.54, 1.807) is 17.9 Å². The molecule has 13 heteroatoms. The summed E-state index contributed by atoms with van der Waals surface area (Å²) in [6.07, 6.45) is 3.80. The minimum absolute atomic E-state index is 0.133. The Hall–Kier alpha value is -4.52. The Kier molecular flexibility index (Phi) is 9.16. The van der Waals surface area contributed by atoms with Gasteiger partial charge in [-0.1, -0.05) is 48.0 Å². The number of likely N-dealkylation sites (tertiary alicyclic amines) is 1. The molecule has 0 saturated carbocycles. The number of amides is 1. The zero-order valence-electron chi connectivity index (χ0n) is 27.9. The first kappa shape index (κ1) is 33.4. The van der Waals surface area contributed by atoms with E-state index in [-0.39, 0.29) is 17.6 Å². The third-order valence-electron chi connectivity index (χ3n) is 8.69. The Labute approximate surface area is 283 Å². The maximum absolute atomic E-state index is 13.6. The molecule has 48 heavy (non-hydrogen) atoms. The predicted molar refractivity (Wildman–Crippen MR) is 184 cm³/mol. The molecule has 0 radical (unpaired) electrons. The van der Waals surface area contributed by atoms with Gasteiger partial charge in [0.1, 0.15) is 11.1 Å². The number of aromatic nitrogens is 6. The van der Waals surface area contributed by atoms with E-state index in [4.69, 9.17) is 16.3 Å². The molecule has 0 aliphatic carbocycles. The molecule has 0 spiro atoms. The Balaban J connectivity index is 1.09. The van der Waals surface area contributed by atoms with Crippen LogP contribution in [0.3, 0.4) is 0 Å². The Morgan fingerprint density at radius 3 is 2.38 bits per heavy atom. The molecule has 6 rings (SSSR count). The van der Waals surface area contributed by atoms with Crippen molar-refractivity contribution in [2.75, 3.05) is 13.1 Å². The summed E-state index contributed by atoms with van der Waals surface area (Å²) in [5.41, 5.74) is 4.29. The quantitative estimate of drug-likeness (QED) is 0.238. The highest BCUT2D eigenvalue weighted by Gasteiger charge is 2.34. The second kappa shape index (κ2) is 13.2. The molecule has 0 bridgehead atoms. The highest BCUT2D eigenvalue weighted by molar-refractivity contribution is 6.31. The summed E-state index contributed by atoms with van der Waals surface area (Å²) in [6.45, 7) is 7.90. The number of aliphatic hydroxyl groups is 1. The molecule has 1 saturated heterocycles. The van der Waals surface area contributed by atoms with E-state index in [0.29, 0.717) is 55.3 Å². The van der Waals surface area contributed by atoms with Crippen LogP contribution in [0.1, 0.15) is 44.7 Å². The zero-order valence-corrected chi connectivity index (χ0v) is 28.7. The van der Waals surface area contributed by atoms with Gasteiger partial charge >= 0.3 is 6.09 Å². The van der Waals surface area contributed by atoms with Crippen LogP contribution in [-0.2, 0) is 38.5 Å². The van der Waals surface area contributed by atoms with Gasteiger partial charge in [-0.3, -0.25) is 23.6 Å². The number of aryl methyl sites for hydroxylation is 2. The van der Waals surface area contributed by atoms with Crippen molar-refractivity contribution in [1.82, 2.24) is 39.3 Å². The van der Waals surface area contributed by atoms with Crippen molar-refractivity contribution in [3.8, 4) is 22.5 Å². The molecule has 3 aromatic heterocycles. The van der Waals surface area contributed by atoms with Crippen molar-refractivity contribution < 1.29 is 14.6 Å². The number of carbonyl (C=O) groups is 1. The molecule has 12 nitrogen and oxygen atoms in total. The number of carbonyl (C=O) groups excluding carboxylic acids is 1. The topological polar surface area (TPSA) is 132 Å². The average Bonchev–Trinajstić information content (AvgIpc) is 3.61. The van der Waals surface area contributed by atoms with Gasteiger partial charge in [0.15, 0.2) is 5.52 Å². The van der Waals surface area contributed by atoms with E-state index in [2.05, 4.69) is 31.5 Å². The van der Waals surface area contributed by atoms with Crippen LogP contribution >= 0.6 is 11.6 Å². The molecule has 0 atom stereocenters. The molecule has 1 aliphatic rings. The van der Waals surface area contributed by atoms with Crippen LogP contribution in [0.2, 0.25) is 5.02 Å². The number of benzene rings is 2. The molecule has 1 aliphatic heterocycles. The smallest absolute Gasteiger partial charge is 0.407 e. The van der Waals surface area contributed by atoms with Gasteiger partial charge in [0.2, 0.25) is 0 Å². The third-order valence-corrected chi connectivity index (χ3v) is 9.04. The van der Waals surface area contributed by atoms with E-state index < -0.39 is 17.3 Å². The number of fused-ring (bicyclic) bond motifs is 1. The van der Waals surface area contributed by atoms with Gasteiger partial charge in [0.05, 0.1) is 29.9 Å². The Bertz CT molecular complexity index is 2000. The summed E-state index contributed by atoms with van der Waals surface area (Å²) in [5, 5.41) is 23.7. The van der Waals surface area contributed by atoms with Crippen LogP contribution in [-0.4, -0.2) is 69.5 Å². The molecule has 2 aromatic carbocycles. The van der Waals surface area contributed by atoms with Gasteiger partial charge in [0.25, 0.3) is 5.56 Å². The number of nitrogens with one attached hydrogen (secondary N) is 1. The fourth-order valence-corrected chi connectivity index (χ4v) is 6.38. The van der Waals surface area contributed by atoms with Crippen molar-refractivity contribution >= 4 is 28.7 Å². The normalized spacial score (nSPS) is 15.1. The largest absolute Gasteiger partial charge is 0.444 e. The van der Waals surface area contributed by atoms with E-state index in [9.17, 15) is 14.7 Å². The average molecular weight is 673 g/mol. The summed E-state index contributed by atoms with van der Waals surface area (Å²) >= 11 is 6.67. The lowest BCUT2D eigenvalue weighted by atomic mass is 9.91. The molecule has 4 heterocycles. The number of nitrogens with zero attached hydrogens (tertiary/aromatic N) is 7. The summed E-state index contributed by atoms with van der Waals surface area (Å²) in [7, 11) is 3.68. The first-order valence-electron chi connectivity index (χ1n) is 16.0. The van der Waals surface area contributed by atoms with Crippen LogP contribution in [0, 0.1) is 0 Å². The lowest BCUT2D eigenvalue weighted by Gasteiger charge is -2.38. The molecule has 1 amide bonds. The molecular formula is C35H41ClN8O4. The second-order valence-corrected chi connectivity index (χ2v) is 14.0. The number of halogens is 1. The summed E-state index contributed by atoms with van der Waals surface area (Å²) in [4.78, 5) is 32.5. The van der Waals surface area contributed by atoms with Crippen LogP contribution < -0.4 is 10.9 Å². The highest BCUT2D eigenvalue weighted by Crippen LogP contribution is 2.30. The van der Waals surface area contributed by atoms with Gasteiger partial charge in [-0.25, -0.2) is 9.78 Å². The molecule has 5 aromatic rings. The molecule has 1 fully saturated rings. The lowest BCUT2D eigenvalue weighted by molar-refractivity contribution is -0.0364. The van der Waals surface area contributed by atoms with Gasteiger partial charge in [0, 0.05) is 62.6 Å². The van der Waals surface area contributed by atoms with Crippen LogP contribution in [0.15, 0.2) is 65.8 Å². The zero-order chi connectivity index (χ0) is 34.2. The van der Waals surface area contributed by atoms with Crippen molar-refractivity contribution in [1.29, 1.82) is 0 Å². The van der Waals surface area contributed by atoms with Crippen molar-refractivity contribution in [3.05, 3.63) is 87.6 Å². The second-order valence-electron chi connectivity index (χ2n) is 13.5. The van der Waals surface area contributed by atoms with E-state index in [1.165, 1.54) is 10.9 Å². The maximum Gasteiger partial charge on any atom is 0.407 e. The third kappa shape index (κ3) is 7.30. The standard InChI is InChI=1S/C35H41ClN8O4/c1-34(2,3)48-33(46)37-19-23-6-8-24(9-7-23)31-29-30(40-42(31)5)32(45)44(22-38-29)21-35(47)13-16-43(17-14-35)20-26-11-10-25(18-27(26)36)28-12-15-39-41(28)4/h6-12,15,18,22,47H,13-14,16-17,19-21H2,1-5H3,(H,37,46). The number of ether oxygens (including phenoxy) is 1. The number of hydrogen-bond donors (Lipinski definition) is 2. The fourth-order valence-electron chi connectivity index (χ4n) is 6.14. The lowest BCUT2D eigenvalue weighted by Crippen LogP contribution is -2.47. The van der Waals surface area contributed by atoms with Crippen molar-refractivity contribution in [3.63, 3.8) is 0 Å². The monoisotopic (exact) mass is 672 g/mol. The number of alkyl carbamates (subject to hydrolysis) is 1. The van der Waals surface area contributed by atoms with E-state index in [1.807, 2.05) is 75.0 Å². The fraction of sp³-hybridized carbons (Fsp3) is 0.400. The van der Waals surface area contributed by atoms with Crippen LogP contribution in [0.25, 0.3) is 33.5 Å². The van der Waals surface area contributed by atoms with Gasteiger partial charge in [-0.05, 0) is 56.9 Å².